The van der Waals surface area contributed by atoms with Gasteiger partial charge in [-0.1, -0.05) is 0 Å². The summed E-state index contributed by atoms with van der Waals surface area (Å²) in [7, 11) is 1.81. The molecule has 0 aromatic heterocycles. The molecule has 3 nitrogen and oxygen atoms in total. The first-order valence-electron chi connectivity index (χ1n) is 8.19. The van der Waals surface area contributed by atoms with E-state index in [1.54, 1.807) is 0 Å². The van der Waals surface area contributed by atoms with E-state index in [4.69, 9.17) is 10.5 Å². The van der Waals surface area contributed by atoms with E-state index in [9.17, 15) is 0 Å². The number of hydrogen-bond acceptors (Lipinski definition) is 3. The van der Waals surface area contributed by atoms with E-state index in [0.717, 1.165) is 42.9 Å². The third kappa shape index (κ3) is 2.84. The van der Waals surface area contributed by atoms with Crippen LogP contribution < -0.4 is 5.73 Å². The average Bonchev–Trinajstić information content (AvgIpc) is 3.09. The number of rotatable bonds is 7. The third-order valence-electron chi connectivity index (χ3n) is 6.07. The summed E-state index contributed by atoms with van der Waals surface area (Å²) >= 11 is 0. The first kappa shape index (κ1) is 13.8. The minimum atomic E-state index is 0.468. The van der Waals surface area contributed by atoms with Crippen molar-refractivity contribution >= 4 is 0 Å². The molecule has 2 N–H and O–H groups in total. The van der Waals surface area contributed by atoms with E-state index in [0.29, 0.717) is 6.04 Å². The normalized spacial score (nSPS) is 39.2. The number of hydrogen-bond donors (Lipinski definition) is 1. The van der Waals surface area contributed by atoms with Crippen molar-refractivity contribution in [3.8, 4) is 0 Å². The molecule has 2 bridgehead atoms. The predicted molar refractivity (Wildman–Crippen MR) is 77.9 cm³/mol. The van der Waals surface area contributed by atoms with Crippen molar-refractivity contribution in [2.75, 3.05) is 26.8 Å². The molecule has 0 radical (unpaired) electrons. The SMILES string of the molecule is COCCN(CC1C2CCC(C2)C1N)C(C)C1CC1. The number of methoxy groups -OCH3 is 1. The van der Waals surface area contributed by atoms with Crippen LogP contribution in [-0.2, 0) is 4.74 Å². The summed E-state index contributed by atoms with van der Waals surface area (Å²) in [6.07, 6.45) is 7.07. The highest BCUT2D eigenvalue weighted by atomic mass is 16.5. The molecule has 5 atom stereocenters. The van der Waals surface area contributed by atoms with E-state index in [1.165, 1.54) is 38.6 Å². The van der Waals surface area contributed by atoms with Crippen molar-refractivity contribution in [2.24, 2.45) is 29.4 Å². The highest BCUT2D eigenvalue weighted by Gasteiger charge is 2.46. The molecule has 0 spiro atoms. The maximum atomic E-state index is 6.48. The Kier molecular flexibility index (Phi) is 4.16. The lowest BCUT2D eigenvalue weighted by atomic mass is 9.84. The highest BCUT2D eigenvalue weighted by Crippen LogP contribution is 2.48. The molecule has 5 unspecified atom stereocenters. The van der Waals surface area contributed by atoms with Crippen molar-refractivity contribution in [2.45, 2.75) is 51.1 Å². The maximum Gasteiger partial charge on any atom is 0.0589 e. The average molecular weight is 266 g/mol. The molecule has 3 rings (SSSR count). The fraction of sp³-hybridized carbons (Fsp3) is 1.00. The molecule has 0 aromatic carbocycles. The minimum absolute atomic E-state index is 0.468. The summed E-state index contributed by atoms with van der Waals surface area (Å²) in [6.45, 7) is 5.55. The van der Waals surface area contributed by atoms with Crippen molar-refractivity contribution in [1.82, 2.24) is 4.90 Å². The number of nitrogens with zero attached hydrogens (tertiary/aromatic N) is 1. The topological polar surface area (TPSA) is 38.5 Å². The molecule has 3 aliphatic carbocycles. The van der Waals surface area contributed by atoms with Gasteiger partial charge in [0.15, 0.2) is 0 Å². The van der Waals surface area contributed by atoms with Crippen LogP contribution in [0.3, 0.4) is 0 Å². The van der Waals surface area contributed by atoms with Crippen LogP contribution in [0.1, 0.15) is 39.0 Å². The van der Waals surface area contributed by atoms with Gasteiger partial charge in [0.05, 0.1) is 6.61 Å². The van der Waals surface area contributed by atoms with Crippen molar-refractivity contribution in [3.05, 3.63) is 0 Å². The fourth-order valence-electron chi connectivity index (χ4n) is 4.54. The molecule has 0 heterocycles. The molecule has 0 amide bonds. The van der Waals surface area contributed by atoms with Crippen LogP contribution >= 0.6 is 0 Å². The predicted octanol–water partition coefficient (Wildman–Crippen LogP) is 2.11. The van der Waals surface area contributed by atoms with Gasteiger partial charge >= 0.3 is 0 Å². The Morgan fingerprint density at radius 1 is 1.21 bits per heavy atom. The van der Waals surface area contributed by atoms with E-state index in [2.05, 4.69) is 11.8 Å². The quantitative estimate of drug-likeness (QED) is 0.767. The van der Waals surface area contributed by atoms with Crippen molar-refractivity contribution < 1.29 is 4.74 Å². The van der Waals surface area contributed by atoms with Gasteiger partial charge in [-0.25, -0.2) is 0 Å². The van der Waals surface area contributed by atoms with Crippen LogP contribution in [-0.4, -0.2) is 43.8 Å². The van der Waals surface area contributed by atoms with Crippen molar-refractivity contribution in [1.29, 1.82) is 0 Å². The zero-order valence-corrected chi connectivity index (χ0v) is 12.6. The van der Waals surface area contributed by atoms with E-state index in [-0.39, 0.29) is 0 Å². The fourth-order valence-corrected chi connectivity index (χ4v) is 4.54. The Bertz CT molecular complexity index is 303. The summed E-state index contributed by atoms with van der Waals surface area (Å²) < 4.78 is 5.30. The molecule has 110 valence electrons. The first-order valence-corrected chi connectivity index (χ1v) is 8.19. The largest absolute Gasteiger partial charge is 0.383 e. The van der Waals surface area contributed by atoms with Gasteiger partial charge in [0, 0.05) is 32.3 Å². The number of fused-ring (bicyclic) bond motifs is 2. The standard InChI is InChI=1S/C16H30N2O/c1-11(12-3-4-12)18(7-8-19-2)10-15-13-5-6-14(9-13)16(15)17/h11-16H,3-10,17H2,1-2H3. The van der Waals surface area contributed by atoms with E-state index >= 15 is 0 Å². The zero-order chi connectivity index (χ0) is 13.4. The Hall–Kier alpha value is -0.120. The van der Waals surface area contributed by atoms with Gasteiger partial charge in [-0.2, -0.15) is 0 Å². The van der Waals surface area contributed by atoms with Gasteiger partial charge in [-0.15, -0.1) is 0 Å². The first-order chi connectivity index (χ1) is 9.20. The Morgan fingerprint density at radius 2 is 1.95 bits per heavy atom. The zero-order valence-electron chi connectivity index (χ0n) is 12.6. The lowest BCUT2D eigenvalue weighted by Gasteiger charge is -2.36. The number of ether oxygens (including phenoxy) is 1. The van der Waals surface area contributed by atoms with Crippen LogP contribution in [0.25, 0.3) is 0 Å². The summed E-state index contributed by atoms with van der Waals surface area (Å²) in [5.74, 6) is 3.43. The summed E-state index contributed by atoms with van der Waals surface area (Å²) in [5, 5.41) is 0. The summed E-state index contributed by atoms with van der Waals surface area (Å²) in [5.41, 5.74) is 6.48. The Balaban J connectivity index is 1.59. The van der Waals surface area contributed by atoms with Gasteiger partial charge in [-0.3, -0.25) is 4.90 Å². The van der Waals surface area contributed by atoms with Crippen LogP contribution in [0.2, 0.25) is 0 Å². The maximum absolute atomic E-state index is 6.48. The second kappa shape index (κ2) is 5.71. The molecule has 3 fully saturated rings. The minimum Gasteiger partial charge on any atom is -0.383 e. The van der Waals surface area contributed by atoms with Crippen LogP contribution in [0.5, 0.6) is 0 Å². The van der Waals surface area contributed by atoms with Gasteiger partial charge < -0.3 is 10.5 Å². The van der Waals surface area contributed by atoms with E-state index in [1.807, 2.05) is 7.11 Å². The molecule has 0 saturated heterocycles. The van der Waals surface area contributed by atoms with Gasteiger partial charge in [0.25, 0.3) is 0 Å². The lowest BCUT2D eigenvalue weighted by Crippen LogP contribution is -2.47. The highest BCUT2D eigenvalue weighted by molar-refractivity contribution is 5.00. The van der Waals surface area contributed by atoms with Gasteiger partial charge in [0.1, 0.15) is 0 Å². The van der Waals surface area contributed by atoms with Crippen LogP contribution in [0.15, 0.2) is 0 Å². The smallest absolute Gasteiger partial charge is 0.0589 e. The summed E-state index contributed by atoms with van der Waals surface area (Å²) in [4.78, 5) is 2.67. The Labute approximate surface area is 117 Å². The number of nitrogens with two attached hydrogens (primary N) is 1. The third-order valence-corrected chi connectivity index (χ3v) is 6.07. The molecule has 3 saturated carbocycles. The molecular weight excluding hydrogens is 236 g/mol. The van der Waals surface area contributed by atoms with Gasteiger partial charge in [-0.05, 0) is 62.7 Å². The molecule has 3 aliphatic rings. The molecule has 19 heavy (non-hydrogen) atoms. The van der Waals surface area contributed by atoms with Crippen LogP contribution in [0, 0.1) is 23.7 Å². The van der Waals surface area contributed by atoms with Crippen LogP contribution in [0.4, 0.5) is 0 Å². The summed E-state index contributed by atoms with van der Waals surface area (Å²) in [6, 6.07) is 1.19. The lowest BCUT2D eigenvalue weighted by molar-refractivity contribution is 0.0873. The second-order valence-electron chi connectivity index (χ2n) is 7.14. The molecule has 0 aliphatic heterocycles. The molecular formula is C16H30N2O. The van der Waals surface area contributed by atoms with Gasteiger partial charge in [0.2, 0.25) is 0 Å². The molecule has 3 heteroatoms. The van der Waals surface area contributed by atoms with Crippen molar-refractivity contribution in [3.63, 3.8) is 0 Å². The van der Waals surface area contributed by atoms with E-state index < -0.39 is 0 Å². The Morgan fingerprint density at radius 3 is 2.53 bits per heavy atom. The second-order valence-corrected chi connectivity index (χ2v) is 7.14. The monoisotopic (exact) mass is 266 g/mol. The molecule has 0 aromatic rings.